The number of carbonyl (C=O) groups excluding carboxylic acids is 1. The second-order valence-corrected chi connectivity index (χ2v) is 6.67. The normalized spacial score (nSPS) is 12.3. The van der Waals surface area contributed by atoms with Crippen molar-refractivity contribution >= 4 is 27.9 Å². The number of nitrogens with zero attached hydrogens (tertiary/aromatic N) is 3. The zero-order chi connectivity index (χ0) is 18.9. The third-order valence-electron chi connectivity index (χ3n) is 4.10. The fourth-order valence-corrected chi connectivity index (χ4v) is 3.26. The van der Waals surface area contributed by atoms with Gasteiger partial charge in [-0.2, -0.15) is 5.26 Å². The second kappa shape index (κ2) is 9.88. The molecule has 134 valence electrons. The maximum absolute atomic E-state index is 13.1. The molecule has 1 heterocycles. The van der Waals surface area contributed by atoms with Gasteiger partial charge < -0.3 is 4.90 Å². The molecule has 0 fully saturated rings. The molecule has 1 aromatic heterocycles. The molecule has 0 aliphatic heterocycles. The Morgan fingerprint density at radius 2 is 1.96 bits per heavy atom. The van der Waals surface area contributed by atoms with Crippen molar-refractivity contribution in [2.24, 2.45) is 0 Å². The number of nitriles is 1. The van der Waals surface area contributed by atoms with Crippen LogP contribution in [0.1, 0.15) is 44.0 Å². The van der Waals surface area contributed by atoms with Gasteiger partial charge in [-0.15, -0.1) is 0 Å². The Morgan fingerprint density at radius 1 is 1.23 bits per heavy atom. The Bertz CT molecular complexity index is 812. The molecule has 4 nitrogen and oxygen atoms in total. The summed E-state index contributed by atoms with van der Waals surface area (Å²) in [4.78, 5) is 19.1. The summed E-state index contributed by atoms with van der Waals surface area (Å²) in [6.07, 6.45) is 3.34. The number of pyridine rings is 1. The van der Waals surface area contributed by atoms with E-state index in [0.717, 1.165) is 18.4 Å². The van der Waals surface area contributed by atoms with Crippen LogP contribution in [-0.4, -0.2) is 22.3 Å². The zero-order valence-corrected chi connectivity index (χ0v) is 16.6. The average molecular weight is 412 g/mol. The summed E-state index contributed by atoms with van der Waals surface area (Å²) in [5.74, 6) is -0.265. The molecule has 0 saturated carbocycles. The maximum atomic E-state index is 13.1. The molecule has 1 amide bonds. The SMILES string of the molecule is CCC[C@@H](c1ccccc1)N(CC)C(=O)/C(C#N)=C/c1cccc(Br)n1. The molecule has 1 aromatic carbocycles. The lowest BCUT2D eigenvalue weighted by molar-refractivity contribution is -0.129. The van der Waals surface area contributed by atoms with E-state index >= 15 is 0 Å². The first-order chi connectivity index (χ1) is 12.6. The topological polar surface area (TPSA) is 57.0 Å². The number of carbonyl (C=O) groups is 1. The molecule has 5 heteroatoms. The van der Waals surface area contributed by atoms with Gasteiger partial charge in [0.2, 0.25) is 0 Å². The molecule has 2 rings (SSSR count). The largest absolute Gasteiger partial charge is 0.331 e. The summed E-state index contributed by atoms with van der Waals surface area (Å²) in [6, 6.07) is 17.4. The highest BCUT2D eigenvalue weighted by molar-refractivity contribution is 9.10. The van der Waals surface area contributed by atoms with Crippen LogP contribution in [-0.2, 0) is 4.79 Å². The molecule has 0 spiro atoms. The smallest absolute Gasteiger partial charge is 0.265 e. The van der Waals surface area contributed by atoms with Crippen LogP contribution < -0.4 is 0 Å². The lowest BCUT2D eigenvalue weighted by Gasteiger charge is -2.31. The summed E-state index contributed by atoms with van der Waals surface area (Å²) in [6.45, 7) is 4.57. The molecule has 0 aliphatic rings. The molecule has 0 N–H and O–H groups in total. The van der Waals surface area contributed by atoms with E-state index in [-0.39, 0.29) is 17.5 Å². The van der Waals surface area contributed by atoms with Crippen molar-refractivity contribution in [2.45, 2.75) is 32.7 Å². The molecular formula is C21H22BrN3O. The molecular weight excluding hydrogens is 390 g/mol. The van der Waals surface area contributed by atoms with Gasteiger partial charge in [-0.05, 0) is 53.0 Å². The highest BCUT2D eigenvalue weighted by Gasteiger charge is 2.25. The number of hydrogen-bond donors (Lipinski definition) is 0. The van der Waals surface area contributed by atoms with Crippen molar-refractivity contribution in [3.8, 4) is 6.07 Å². The van der Waals surface area contributed by atoms with Crippen molar-refractivity contribution in [2.75, 3.05) is 6.54 Å². The number of likely N-dealkylation sites (N-methyl/N-ethyl adjacent to an activating group) is 1. The van der Waals surface area contributed by atoms with Crippen LogP contribution >= 0.6 is 15.9 Å². The van der Waals surface area contributed by atoms with Crippen molar-refractivity contribution < 1.29 is 4.79 Å². The van der Waals surface area contributed by atoms with Crippen molar-refractivity contribution in [1.29, 1.82) is 5.26 Å². The van der Waals surface area contributed by atoms with Gasteiger partial charge in [0.25, 0.3) is 5.91 Å². The van der Waals surface area contributed by atoms with Crippen molar-refractivity contribution in [3.63, 3.8) is 0 Å². The first-order valence-corrected chi connectivity index (χ1v) is 9.50. The van der Waals surface area contributed by atoms with Crippen LogP contribution in [0.15, 0.2) is 58.7 Å². The van der Waals surface area contributed by atoms with E-state index in [4.69, 9.17) is 0 Å². The fraction of sp³-hybridized carbons (Fsp3) is 0.286. The Hall–Kier alpha value is -2.45. The summed E-state index contributed by atoms with van der Waals surface area (Å²) in [7, 11) is 0. The van der Waals surface area contributed by atoms with E-state index in [1.807, 2.05) is 49.4 Å². The first kappa shape index (κ1) is 19.9. The maximum Gasteiger partial charge on any atom is 0.265 e. The number of hydrogen-bond acceptors (Lipinski definition) is 3. The summed E-state index contributed by atoms with van der Waals surface area (Å²) in [5, 5.41) is 9.55. The highest BCUT2D eigenvalue weighted by atomic mass is 79.9. The van der Waals surface area contributed by atoms with Gasteiger partial charge in [0.15, 0.2) is 0 Å². The lowest BCUT2D eigenvalue weighted by Crippen LogP contribution is -2.35. The fourth-order valence-electron chi connectivity index (χ4n) is 2.91. The monoisotopic (exact) mass is 411 g/mol. The van der Waals surface area contributed by atoms with E-state index < -0.39 is 0 Å². The minimum atomic E-state index is -0.265. The van der Waals surface area contributed by atoms with Gasteiger partial charge in [-0.3, -0.25) is 4.79 Å². The number of aromatic nitrogens is 1. The van der Waals surface area contributed by atoms with Crippen LogP contribution in [0.4, 0.5) is 0 Å². The van der Waals surface area contributed by atoms with Crippen molar-refractivity contribution in [3.05, 3.63) is 70.0 Å². The second-order valence-electron chi connectivity index (χ2n) is 5.86. The predicted molar refractivity (Wildman–Crippen MR) is 107 cm³/mol. The quantitative estimate of drug-likeness (QED) is 0.359. The summed E-state index contributed by atoms with van der Waals surface area (Å²) in [5.41, 5.74) is 1.75. The van der Waals surface area contributed by atoms with Crippen LogP contribution in [0.25, 0.3) is 6.08 Å². The van der Waals surface area contributed by atoms with E-state index in [9.17, 15) is 10.1 Å². The Balaban J connectivity index is 2.37. The summed E-state index contributed by atoms with van der Waals surface area (Å²) < 4.78 is 0.663. The molecule has 0 unspecified atom stereocenters. The number of rotatable bonds is 7. The molecule has 2 aromatic rings. The molecule has 0 bridgehead atoms. The average Bonchev–Trinajstić information content (AvgIpc) is 2.66. The molecule has 1 atom stereocenters. The Morgan fingerprint density at radius 3 is 2.54 bits per heavy atom. The predicted octanol–water partition coefficient (Wildman–Crippen LogP) is 5.14. The first-order valence-electron chi connectivity index (χ1n) is 8.71. The number of amides is 1. The third kappa shape index (κ3) is 5.03. The molecule has 0 radical (unpaired) electrons. The van der Waals surface area contributed by atoms with Gasteiger partial charge in [0, 0.05) is 6.54 Å². The van der Waals surface area contributed by atoms with Gasteiger partial charge in [-0.25, -0.2) is 4.98 Å². The van der Waals surface area contributed by atoms with E-state index in [1.54, 1.807) is 23.1 Å². The minimum absolute atomic E-state index is 0.0501. The molecule has 0 aliphatic carbocycles. The van der Waals surface area contributed by atoms with Gasteiger partial charge in [0.1, 0.15) is 16.2 Å². The van der Waals surface area contributed by atoms with E-state index in [1.165, 1.54) is 0 Å². The zero-order valence-electron chi connectivity index (χ0n) is 15.0. The minimum Gasteiger partial charge on any atom is -0.331 e. The van der Waals surface area contributed by atoms with Gasteiger partial charge in [-0.1, -0.05) is 49.7 Å². The standard InChI is InChI=1S/C21H22BrN3O/c1-3-9-19(16-10-6-5-7-11-16)25(4-2)21(26)17(15-23)14-18-12-8-13-20(22)24-18/h5-8,10-14,19H,3-4,9H2,1-2H3/b17-14+/t19-/m0/s1. The lowest BCUT2D eigenvalue weighted by atomic mass is 9.99. The highest BCUT2D eigenvalue weighted by Crippen LogP contribution is 2.27. The Labute approximate surface area is 163 Å². The van der Waals surface area contributed by atoms with Crippen LogP contribution in [0, 0.1) is 11.3 Å². The van der Waals surface area contributed by atoms with Gasteiger partial charge in [0.05, 0.1) is 11.7 Å². The van der Waals surface area contributed by atoms with E-state index in [2.05, 4.69) is 27.8 Å². The number of benzene rings is 1. The third-order valence-corrected chi connectivity index (χ3v) is 4.55. The summed E-state index contributed by atoms with van der Waals surface area (Å²) >= 11 is 3.31. The van der Waals surface area contributed by atoms with E-state index in [0.29, 0.717) is 16.8 Å². The van der Waals surface area contributed by atoms with Crippen LogP contribution in [0.3, 0.4) is 0 Å². The van der Waals surface area contributed by atoms with Crippen molar-refractivity contribution in [1.82, 2.24) is 9.88 Å². The molecule has 0 saturated heterocycles. The molecule has 26 heavy (non-hydrogen) atoms. The van der Waals surface area contributed by atoms with Gasteiger partial charge >= 0.3 is 0 Å². The number of halogens is 1. The van der Waals surface area contributed by atoms with Crippen LogP contribution in [0.5, 0.6) is 0 Å². The van der Waals surface area contributed by atoms with Crippen LogP contribution in [0.2, 0.25) is 0 Å². The Kier molecular flexibility index (Phi) is 7.55.